The number of amides is 1. The van der Waals surface area contributed by atoms with Crippen molar-refractivity contribution in [1.29, 1.82) is 0 Å². The highest BCUT2D eigenvalue weighted by Gasteiger charge is 2.36. The summed E-state index contributed by atoms with van der Waals surface area (Å²) in [5.74, 6) is -3.82. The number of hydrazone groups is 1. The van der Waals surface area contributed by atoms with Crippen molar-refractivity contribution in [1.82, 2.24) is 0 Å². The number of phenolic OH excluding ortho intramolecular Hbond substituents is 1. The van der Waals surface area contributed by atoms with E-state index in [0.717, 1.165) is 23.3 Å². The number of carbonyl (C=O) groups excluding carboxylic acids is 2. The van der Waals surface area contributed by atoms with Gasteiger partial charge in [0, 0.05) is 21.8 Å². The molecule has 11 heteroatoms. The highest BCUT2D eigenvalue weighted by molar-refractivity contribution is 6.55. The van der Waals surface area contributed by atoms with Crippen molar-refractivity contribution < 1.29 is 33.7 Å². The third-order valence-electron chi connectivity index (χ3n) is 6.66. The van der Waals surface area contributed by atoms with E-state index in [2.05, 4.69) is 10.5 Å². The van der Waals surface area contributed by atoms with E-state index in [4.69, 9.17) is 16.3 Å². The fourth-order valence-corrected chi connectivity index (χ4v) is 5.03. The number of carbonyl (C=O) groups is 3. The quantitative estimate of drug-likeness (QED) is 0.134. The summed E-state index contributed by atoms with van der Waals surface area (Å²) in [4.78, 5) is 38.9. The number of nitrogens with one attached hydrogen (secondary N) is 1. The maximum Gasteiger partial charge on any atom is 0.338 e. The molecular formula is C31H23ClFN3O6. The zero-order valence-corrected chi connectivity index (χ0v) is 23.3. The third kappa shape index (κ3) is 5.15. The number of aryl methyl sites for hydroxylation is 2. The Balaban J connectivity index is 1.59. The third-order valence-corrected chi connectivity index (χ3v) is 6.87. The number of phenols is 1. The van der Waals surface area contributed by atoms with E-state index in [-0.39, 0.29) is 38.9 Å². The molecule has 0 atom stereocenters. The van der Waals surface area contributed by atoms with Crippen LogP contribution in [-0.4, -0.2) is 40.9 Å². The summed E-state index contributed by atoms with van der Waals surface area (Å²) in [6, 6.07) is 16.4. The number of esters is 1. The van der Waals surface area contributed by atoms with Crippen LogP contribution in [0.15, 0.2) is 71.8 Å². The summed E-state index contributed by atoms with van der Waals surface area (Å²) in [7, 11) is 1.26. The lowest BCUT2D eigenvalue weighted by Gasteiger charge is -2.19. The molecule has 0 saturated carbocycles. The minimum atomic E-state index is -1.47. The molecule has 0 spiro atoms. The van der Waals surface area contributed by atoms with Crippen LogP contribution in [-0.2, 0) is 9.53 Å². The monoisotopic (exact) mass is 587 g/mol. The maximum atomic E-state index is 14.0. The molecule has 1 amide bonds. The lowest BCUT2D eigenvalue weighted by atomic mass is 10.0. The molecule has 1 aliphatic heterocycles. The van der Waals surface area contributed by atoms with E-state index in [9.17, 15) is 29.0 Å². The minimum absolute atomic E-state index is 0.00329. The number of benzene rings is 4. The van der Waals surface area contributed by atoms with Gasteiger partial charge in [-0.05, 0) is 85.1 Å². The van der Waals surface area contributed by atoms with Crippen molar-refractivity contribution in [2.45, 2.75) is 13.8 Å². The molecule has 1 aliphatic rings. The highest BCUT2D eigenvalue weighted by atomic mass is 35.5. The van der Waals surface area contributed by atoms with Gasteiger partial charge in [0.2, 0.25) is 0 Å². The Morgan fingerprint density at radius 3 is 2.36 bits per heavy atom. The lowest BCUT2D eigenvalue weighted by molar-refractivity contribution is -0.111. The Morgan fingerprint density at radius 2 is 1.69 bits per heavy atom. The molecule has 1 heterocycles. The minimum Gasteiger partial charge on any atom is -0.505 e. The molecule has 5 rings (SSSR count). The average molecular weight is 588 g/mol. The van der Waals surface area contributed by atoms with Crippen molar-refractivity contribution in [2.24, 2.45) is 5.10 Å². The summed E-state index contributed by atoms with van der Waals surface area (Å²) in [6.07, 6.45) is 0. The molecule has 4 aromatic carbocycles. The van der Waals surface area contributed by atoms with Crippen LogP contribution in [0.1, 0.15) is 37.4 Å². The van der Waals surface area contributed by atoms with Crippen molar-refractivity contribution in [3.63, 3.8) is 0 Å². The van der Waals surface area contributed by atoms with E-state index >= 15 is 0 Å². The van der Waals surface area contributed by atoms with Crippen LogP contribution < -0.4 is 10.3 Å². The van der Waals surface area contributed by atoms with Gasteiger partial charge in [0.05, 0.1) is 23.9 Å². The Labute approximate surface area is 244 Å². The van der Waals surface area contributed by atoms with E-state index in [1.54, 1.807) is 12.1 Å². The summed E-state index contributed by atoms with van der Waals surface area (Å²) in [6.45, 7) is 3.80. The summed E-state index contributed by atoms with van der Waals surface area (Å²) >= 11 is 6.30. The number of ether oxygens (including phenoxy) is 1. The molecule has 4 aromatic rings. The zero-order chi connectivity index (χ0) is 30.3. The summed E-state index contributed by atoms with van der Waals surface area (Å²) < 4.78 is 18.8. The molecule has 0 saturated heterocycles. The summed E-state index contributed by atoms with van der Waals surface area (Å²) in [5, 5.41) is 24.8. The average Bonchev–Trinajstić information content (AvgIpc) is 3.22. The first-order chi connectivity index (χ1) is 20.0. The number of rotatable bonds is 6. The Bertz CT molecular complexity index is 1820. The van der Waals surface area contributed by atoms with Crippen LogP contribution >= 0.6 is 11.6 Å². The van der Waals surface area contributed by atoms with E-state index < -0.39 is 29.2 Å². The smallest absolute Gasteiger partial charge is 0.338 e. The van der Waals surface area contributed by atoms with E-state index in [0.29, 0.717) is 16.9 Å². The normalized spacial score (nSPS) is 13.3. The molecular weight excluding hydrogens is 565 g/mol. The molecule has 0 radical (unpaired) electrons. The number of hydrogen-bond donors (Lipinski definition) is 3. The number of aromatic carboxylic acids is 1. The zero-order valence-electron chi connectivity index (χ0n) is 22.5. The number of carboxylic acids is 1. The second kappa shape index (κ2) is 11.0. The van der Waals surface area contributed by atoms with Crippen LogP contribution in [0.3, 0.4) is 0 Å². The highest BCUT2D eigenvalue weighted by Crippen LogP contribution is 2.41. The molecule has 3 N–H and O–H groups in total. The van der Waals surface area contributed by atoms with Crippen LogP contribution in [0.4, 0.5) is 21.5 Å². The Hall–Kier alpha value is -5.22. The second-order valence-corrected chi connectivity index (χ2v) is 10.1. The van der Waals surface area contributed by atoms with Gasteiger partial charge < -0.3 is 14.9 Å². The maximum absolute atomic E-state index is 14.0. The molecule has 0 aromatic heterocycles. The first-order valence-corrected chi connectivity index (χ1v) is 12.9. The van der Waals surface area contributed by atoms with Crippen LogP contribution in [0.5, 0.6) is 5.75 Å². The molecule has 9 nitrogen and oxygen atoms in total. The predicted octanol–water partition coefficient (Wildman–Crippen LogP) is 6.45. The fourth-order valence-electron chi connectivity index (χ4n) is 4.81. The van der Waals surface area contributed by atoms with Crippen molar-refractivity contribution >= 4 is 52.2 Å². The number of halogens is 2. The SMILES string of the molecule is COC(=O)c1ccc2c(c1)N(c1cc(C)cc(C)c1)C(=O)C2=NNc1cc(Cl)cc(-c2ccc(F)c(C(=O)O)c2)c1O. The number of hydrogen-bond acceptors (Lipinski definition) is 7. The van der Waals surface area contributed by atoms with E-state index in [1.807, 2.05) is 32.0 Å². The molecule has 0 fully saturated rings. The fraction of sp³-hybridized carbons (Fsp3) is 0.0968. The van der Waals surface area contributed by atoms with Crippen molar-refractivity contribution in [2.75, 3.05) is 17.4 Å². The standard InChI is InChI=1S/C31H23ClFN3O6/c1-15-8-16(2)10-20(9-15)36-26-12-18(31(41)42-3)4-6-21(26)27(29(36)38)35-34-25-14-19(32)13-22(28(25)37)17-5-7-24(33)23(11-17)30(39)40/h4-14,34,37H,1-3H3,(H,39,40). The number of anilines is 3. The summed E-state index contributed by atoms with van der Waals surface area (Å²) in [5.41, 5.74) is 5.94. The van der Waals surface area contributed by atoms with Gasteiger partial charge in [-0.3, -0.25) is 15.1 Å². The van der Waals surface area contributed by atoms with Gasteiger partial charge in [0.15, 0.2) is 5.71 Å². The molecule has 42 heavy (non-hydrogen) atoms. The number of carboxylic acid groups (broad SMARTS) is 1. The number of methoxy groups -OCH3 is 1. The molecule has 0 unspecified atom stereocenters. The van der Waals surface area contributed by atoms with Gasteiger partial charge in [-0.25, -0.2) is 14.0 Å². The van der Waals surface area contributed by atoms with Crippen LogP contribution in [0, 0.1) is 19.7 Å². The Kier molecular flexibility index (Phi) is 7.40. The molecule has 0 bridgehead atoms. The van der Waals surface area contributed by atoms with Gasteiger partial charge in [-0.1, -0.05) is 23.7 Å². The van der Waals surface area contributed by atoms with Gasteiger partial charge in [0.1, 0.15) is 17.3 Å². The van der Waals surface area contributed by atoms with Crippen LogP contribution in [0.2, 0.25) is 5.02 Å². The van der Waals surface area contributed by atoms with E-state index in [1.165, 1.54) is 36.3 Å². The molecule has 212 valence electrons. The lowest BCUT2D eigenvalue weighted by Crippen LogP contribution is -2.26. The van der Waals surface area contributed by atoms with Gasteiger partial charge in [0.25, 0.3) is 5.91 Å². The van der Waals surface area contributed by atoms with Crippen molar-refractivity contribution in [3.05, 3.63) is 105 Å². The first kappa shape index (κ1) is 28.3. The first-order valence-electron chi connectivity index (χ1n) is 12.5. The van der Waals surface area contributed by atoms with Gasteiger partial charge >= 0.3 is 11.9 Å². The number of nitrogens with zero attached hydrogens (tertiary/aromatic N) is 2. The Morgan fingerprint density at radius 1 is 0.976 bits per heavy atom. The van der Waals surface area contributed by atoms with Gasteiger partial charge in [-0.15, -0.1) is 0 Å². The predicted molar refractivity (Wildman–Crippen MR) is 156 cm³/mol. The van der Waals surface area contributed by atoms with Crippen molar-refractivity contribution in [3.8, 4) is 16.9 Å². The number of aromatic hydroxyl groups is 1. The largest absolute Gasteiger partial charge is 0.505 e. The second-order valence-electron chi connectivity index (χ2n) is 9.63. The number of fused-ring (bicyclic) bond motifs is 1. The topological polar surface area (TPSA) is 129 Å². The van der Waals surface area contributed by atoms with Gasteiger partial charge in [-0.2, -0.15) is 5.10 Å². The molecule has 0 aliphatic carbocycles. The van der Waals surface area contributed by atoms with Crippen LogP contribution in [0.25, 0.3) is 11.1 Å².